The zero-order valence-corrected chi connectivity index (χ0v) is 9.40. The van der Waals surface area contributed by atoms with E-state index in [1.54, 1.807) is 12.1 Å². The molecule has 1 aliphatic carbocycles. The summed E-state index contributed by atoms with van der Waals surface area (Å²) in [5, 5.41) is 11.0. The van der Waals surface area contributed by atoms with Gasteiger partial charge in [-0.1, -0.05) is 24.5 Å². The predicted octanol–water partition coefficient (Wildman–Crippen LogP) is 2.63. The van der Waals surface area contributed by atoms with Crippen molar-refractivity contribution in [3.8, 4) is 0 Å². The van der Waals surface area contributed by atoms with Gasteiger partial charge in [0.2, 0.25) is 0 Å². The number of nitro groups is 1. The van der Waals surface area contributed by atoms with Crippen molar-refractivity contribution >= 4 is 5.69 Å². The summed E-state index contributed by atoms with van der Waals surface area (Å²) < 4.78 is 0. The van der Waals surface area contributed by atoms with E-state index in [2.05, 4.69) is 0 Å². The van der Waals surface area contributed by atoms with Gasteiger partial charge in [0.25, 0.3) is 5.69 Å². The zero-order chi connectivity index (χ0) is 11.8. The average Bonchev–Trinajstić information content (AvgIpc) is 2.66. The van der Waals surface area contributed by atoms with E-state index >= 15 is 0 Å². The molecule has 0 aromatic heterocycles. The Bertz CT molecular complexity index is 423. The lowest BCUT2D eigenvalue weighted by atomic mass is 9.87. The molecule has 0 saturated heterocycles. The highest BCUT2D eigenvalue weighted by Gasteiger charge is 2.36. The first-order chi connectivity index (χ1) is 7.53. The molecule has 0 heterocycles. The molecule has 1 saturated carbocycles. The molecule has 1 aromatic carbocycles. The van der Waals surface area contributed by atoms with Crippen molar-refractivity contribution < 1.29 is 4.92 Å². The number of nitrogens with zero attached hydrogens (tertiary/aromatic N) is 1. The van der Waals surface area contributed by atoms with Crippen LogP contribution in [0, 0.1) is 17.0 Å². The molecule has 0 aliphatic heterocycles. The van der Waals surface area contributed by atoms with Crippen molar-refractivity contribution in [1.29, 1.82) is 0 Å². The molecule has 86 valence electrons. The molecule has 0 spiro atoms. The van der Waals surface area contributed by atoms with Crippen LogP contribution in [0.5, 0.6) is 0 Å². The lowest BCUT2D eigenvalue weighted by Crippen LogP contribution is -2.33. The minimum atomic E-state index is -0.492. The Labute approximate surface area is 94.6 Å². The Morgan fingerprint density at radius 3 is 2.56 bits per heavy atom. The van der Waals surface area contributed by atoms with E-state index in [-0.39, 0.29) is 10.6 Å². The Hall–Kier alpha value is -1.42. The molecule has 1 aliphatic rings. The fraction of sp³-hybridized carbons (Fsp3) is 0.500. The van der Waals surface area contributed by atoms with Crippen LogP contribution in [0.3, 0.4) is 0 Å². The SMILES string of the molecule is Cc1ccc([N+](=O)[O-])c(C2(N)CCCC2)c1. The monoisotopic (exact) mass is 220 g/mol. The first kappa shape index (κ1) is 11.1. The molecule has 0 bridgehead atoms. The van der Waals surface area contributed by atoms with Crippen molar-refractivity contribution in [2.45, 2.75) is 38.1 Å². The van der Waals surface area contributed by atoms with Crippen LogP contribution in [0.25, 0.3) is 0 Å². The molecular weight excluding hydrogens is 204 g/mol. The second kappa shape index (κ2) is 3.87. The van der Waals surface area contributed by atoms with Crippen molar-refractivity contribution in [2.75, 3.05) is 0 Å². The molecule has 2 N–H and O–H groups in total. The third kappa shape index (κ3) is 1.80. The van der Waals surface area contributed by atoms with Crippen molar-refractivity contribution in [3.05, 3.63) is 39.4 Å². The van der Waals surface area contributed by atoms with Crippen LogP contribution >= 0.6 is 0 Å². The van der Waals surface area contributed by atoms with E-state index in [1.165, 1.54) is 0 Å². The van der Waals surface area contributed by atoms with Crippen LogP contribution in [0.2, 0.25) is 0 Å². The summed E-state index contributed by atoms with van der Waals surface area (Å²) >= 11 is 0. The van der Waals surface area contributed by atoms with E-state index in [4.69, 9.17) is 5.73 Å². The summed E-state index contributed by atoms with van der Waals surface area (Å²) in [6.45, 7) is 1.94. The molecule has 4 nitrogen and oxygen atoms in total. The summed E-state index contributed by atoms with van der Waals surface area (Å²) in [6, 6.07) is 5.20. The molecule has 2 rings (SSSR count). The molecule has 0 radical (unpaired) electrons. The van der Waals surface area contributed by atoms with Gasteiger partial charge in [-0.2, -0.15) is 0 Å². The van der Waals surface area contributed by atoms with Crippen molar-refractivity contribution in [3.63, 3.8) is 0 Å². The van der Waals surface area contributed by atoms with Crippen LogP contribution in [0.4, 0.5) is 5.69 Å². The third-order valence-electron chi connectivity index (χ3n) is 3.38. The van der Waals surface area contributed by atoms with Crippen LogP contribution in [0.1, 0.15) is 36.8 Å². The number of rotatable bonds is 2. The smallest absolute Gasteiger partial charge is 0.274 e. The van der Waals surface area contributed by atoms with E-state index in [0.717, 1.165) is 31.2 Å². The van der Waals surface area contributed by atoms with Gasteiger partial charge in [0, 0.05) is 17.2 Å². The largest absolute Gasteiger partial charge is 0.321 e. The molecule has 0 amide bonds. The number of benzene rings is 1. The first-order valence-electron chi connectivity index (χ1n) is 5.57. The summed E-state index contributed by atoms with van der Waals surface area (Å²) in [6.07, 6.45) is 3.80. The number of aryl methyl sites for hydroxylation is 1. The third-order valence-corrected chi connectivity index (χ3v) is 3.38. The van der Waals surface area contributed by atoms with Crippen LogP contribution in [-0.4, -0.2) is 4.92 Å². The van der Waals surface area contributed by atoms with Gasteiger partial charge in [-0.05, 0) is 25.8 Å². The van der Waals surface area contributed by atoms with Gasteiger partial charge in [0.1, 0.15) is 0 Å². The van der Waals surface area contributed by atoms with E-state index in [1.807, 2.05) is 13.0 Å². The Morgan fingerprint density at radius 2 is 2.00 bits per heavy atom. The highest BCUT2D eigenvalue weighted by Crippen LogP contribution is 2.40. The Kier molecular flexibility index (Phi) is 2.68. The molecule has 0 atom stereocenters. The minimum absolute atomic E-state index is 0.162. The topological polar surface area (TPSA) is 69.2 Å². The van der Waals surface area contributed by atoms with Gasteiger partial charge in [0.05, 0.1) is 4.92 Å². The summed E-state index contributed by atoms with van der Waals surface area (Å²) in [5.74, 6) is 0. The van der Waals surface area contributed by atoms with Crippen LogP contribution < -0.4 is 5.73 Å². The van der Waals surface area contributed by atoms with E-state index < -0.39 is 5.54 Å². The number of nitrogens with two attached hydrogens (primary N) is 1. The lowest BCUT2D eigenvalue weighted by molar-refractivity contribution is -0.386. The number of hydrogen-bond acceptors (Lipinski definition) is 3. The van der Waals surface area contributed by atoms with Crippen LogP contribution in [0.15, 0.2) is 18.2 Å². The highest BCUT2D eigenvalue weighted by molar-refractivity contribution is 5.47. The summed E-state index contributed by atoms with van der Waals surface area (Å²) in [5.41, 5.74) is 7.68. The first-order valence-corrected chi connectivity index (χ1v) is 5.57. The standard InChI is InChI=1S/C12H16N2O2/c1-9-4-5-11(14(15)16)10(8-9)12(13)6-2-3-7-12/h4-5,8H,2-3,6-7,13H2,1H3. The maximum Gasteiger partial charge on any atom is 0.274 e. The molecule has 0 unspecified atom stereocenters. The molecule has 16 heavy (non-hydrogen) atoms. The van der Waals surface area contributed by atoms with Crippen molar-refractivity contribution in [2.24, 2.45) is 5.73 Å². The van der Waals surface area contributed by atoms with Crippen molar-refractivity contribution in [1.82, 2.24) is 0 Å². The average molecular weight is 220 g/mol. The fourth-order valence-electron chi connectivity index (χ4n) is 2.48. The van der Waals surface area contributed by atoms with Gasteiger partial charge < -0.3 is 5.73 Å². The van der Waals surface area contributed by atoms with Gasteiger partial charge in [-0.15, -0.1) is 0 Å². The Morgan fingerprint density at radius 1 is 1.38 bits per heavy atom. The second-order valence-electron chi connectivity index (χ2n) is 4.64. The normalized spacial score (nSPS) is 18.6. The number of nitro benzene ring substituents is 1. The predicted molar refractivity (Wildman–Crippen MR) is 62.2 cm³/mol. The lowest BCUT2D eigenvalue weighted by Gasteiger charge is -2.24. The van der Waals surface area contributed by atoms with E-state index in [9.17, 15) is 10.1 Å². The molecule has 1 aromatic rings. The highest BCUT2D eigenvalue weighted by atomic mass is 16.6. The van der Waals surface area contributed by atoms with Crippen LogP contribution in [-0.2, 0) is 5.54 Å². The molecular formula is C12H16N2O2. The van der Waals surface area contributed by atoms with Gasteiger partial charge in [-0.3, -0.25) is 10.1 Å². The quantitative estimate of drug-likeness (QED) is 0.615. The maximum atomic E-state index is 11.0. The summed E-state index contributed by atoms with van der Waals surface area (Å²) in [7, 11) is 0. The molecule has 4 heteroatoms. The zero-order valence-electron chi connectivity index (χ0n) is 9.40. The van der Waals surface area contributed by atoms with Gasteiger partial charge >= 0.3 is 0 Å². The maximum absolute atomic E-state index is 11.0. The fourth-order valence-corrected chi connectivity index (χ4v) is 2.48. The van der Waals surface area contributed by atoms with E-state index in [0.29, 0.717) is 5.56 Å². The molecule has 1 fully saturated rings. The van der Waals surface area contributed by atoms with Gasteiger partial charge in [-0.25, -0.2) is 0 Å². The second-order valence-corrected chi connectivity index (χ2v) is 4.64. The minimum Gasteiger partial charge on any atom is -0.321 e. The number of hydrogen-bond donors (Lipinski definition) is 1. The summed E-state index contributed by atoms with van der Waals surface area (Å²) in [4.78, 5) is 10.7. The van der Waals surface area contributed by atoms with Gasteiger partial charge in [0.15, 0.2) is 0 Å². The Balaban J connectivity index is 2.52.